The van der Waals surface area contributed by atoms with E-state index in [0.717, 1.165) is 5.56 Å². The van der Waals surface area contributed by atoms with Gasteiger partial charge in [-0.3, -0.25) is 4.90 Å². The average molecular weight is 323 g/mol. The molecular formula is C16H16ClFN2S. The fourth-order valence-corrected chi connectivity index (χ4v) is 2.44. The van der Waals surface area contributed by atoms with Crippen LogP contribution in [0, 0.1) is 5.82 Å². The van der Waals surface area contributed by atoms with Crippen LogP contribution in [-0.2, 0) is 13.1 Å². The number of halogens is 2. The summed E-state index contributed by atoms with van der Waals surface area (Å²) in [5.41, 5.74) is 7.83. The molecule has 0 unspecified atom stereocenters. The molecule has 0 aliphatic rings. The Kier molecular flexibility index (Phi) is 5.28. The van der Waals surface area contributed by atoms with Crippen molar-refractivity contribution in [1.82, 2.24) is 4.90 Å². The lowest BCUT2D eigenvalue weighted by molar-refractivity contribution is 0.313. The highest BCUT2D eigenvalue weighted by Crippen LogP contribution is 2.18. The van der Waals surface area contributed by atoms with Gasteiger partial charge in [-0.15, -0.1) is 0 Å². The zero-order valence-corrected chi connectivity index (χ0v) is 13.2. The van der Waals surface area contributed by atoms with Gasteiger partial charge < -0.3 is 5.73 Å². The molecule has 0 saturated heterocycles. The van der Waals surface area contributed by atoms with Gasteiger partial charge in [0.25, 0.3) is 0 Å². The predicted octanol–water partition coefficient (Wildman–Crippen LogP) is 3.75. The van der Waals surface area contributed by atoms with Crippen molar-refractivity contribution in [3.63, 3.8) is 0 Å². The molecule has 0 radical (unpaired) electrons. The number of rotatable bonds is 5. The lowest BCUT2D eigenvalue weighted by Gasteiger charge is -2.18. The zero-order valence-electron chi connectivity index (χ0n) is 11.6. The summed E-state index contributed by atoms with van der Waals surface area (Å²) in [5.74, 6) is -0.263. The van der Waals surface area contributed by atoms with Gasteiger partial charge in [0.15, 0.2) is 0 Å². The van der Waals surface area contributed by atoms with Gasteiger partial charge in [-0.2, -0.15) is 0 Å². The first-order valence-corrected chi connectivity index (χ1v) is 7.26. The molecule has 5 heteroatoms. The summed E-state index contributed by atoms with van der Waals surface area (Å²) in [7, 11) is 1.91. The maximum Gasteiger partial charge on any atom is 0.127 e. The Hall–Kier alpha value is -1.49. The first-order valence-electron chi connectivity index (χ1n) is 6.47. The number of hydrogen-bond acceptors (Lipinski definition) is 2. The van der Waals surface area contributed by atoms with Crippen LogP contribution < -0.4 is 5.73 Å². The van der Waals surface area contributed by atoms with Crippen LogP contribution in [0.15, 0.2) is 42.5 Å². The van der Waals surface area contributed by atoms with Gasteiger partial charge in [0, 0.05) is 29.2 Å². The van der Waals surface area contributed by atoms with E-state index < -0.39 is 0 Å². The highest BCUT2D eigenvalue weighted by atomic mass is 35.5. The van der Waals surface area contributed by atoms with E-state index in [0.29, 0.717) is 29.2 Å². The van der Waals surface area contributed by atoms with E-state index in [4.69, 9.17) is 29.6 Å². The molecule has 2 rings (SSSR count). The molecule has 0 aliphatic heterocycles. The highest BCUT2D eigenvalue weighted by Gasteiger charge is 2.10. The molecule has 21 heavy (non-hydrogen) atoms. The third-order valence-electron chi connectivity index (χ3n) is 3.17. The van der Waals surface area contributed by atoms with Crippen molar-refractivity contribution in [2.75, 3.05) is 7.05 Å². The van der Waals surface area contributed by atoms with Crippen molar-refractivity contribution in [3.8, 4) is 0 Å². The van der Waals surface area contributed by atoms with Gasteiger partial charge in [-0.25, -0.2) is 4.39 Å². The third-order valence-corrected chi connectivity index (χ3v) is 3.77. The number of nitrogens with two attached hydrogens (primary N) is 1. The molecule has 0 amide bonds. The van der Waals surface area contributed by atoms with E-state index in [9.17, 15) is 4.39 Å². The molecule has 2 aromatic carbocycles. The molecule has 0 bridgehead atoms. The van der Waals surface area contributed by atoms with Crippen LogP contribution in [-0.4, -0.2) is 16.9 Å². The summed E-state index contributed by atoms with van der Waals surface area (Å²) >= 11 is 11.1. The molecule has 110 valence electrons. The Morgan fingerprint density at radius 2 is 1.86 bits per heavy atom. The van der Waals surface area contributed by atoms with Gasteiger partial charge in [0.2, 0.25) is 0 Å². The molecule has 0 aliphatic carbocycles. The summed E-state index contributed by atoms with van der Waals surface area (Å²) < 4.78 is 13.9. The van der Waals surface area contributed by atoms with Gasteiger partial charge in [0.1, 0.15) is 10.8 Å². The van der Waals surface area contributed by atoms with Crippen molar-refractivity contribution >= 4 is 28.8 Å². The molecule has 0 fully saturated rings. The van der Waals surface area contributed by atoms with Crippen LogP contribution in [0.3, 0.4) is 0 Å². The first kappa shape index (κ1) is 15.9. The minimum absolute atomic E-state index is 0.263. The first-order chi connectivity index (χ1) is 9.97. The van der Waals surface area contributed by atoms with Crippen LogP contribution in [0.5, 0.6) is 0 Å². The Bertz CT molecular complexity index is 660. The third kappa shape index (κ3) is 4.24. The standard InChI is InChI=1S/C16H16ClFN2S/c1-20(9-12-4-2-3-5-14(12)17)10-13-8-11(16(19)21)6-7-15(13)18/h2-8H,9-10H2,1H3,(H2,19,21). The summed E-state index contributed by atoms with van der Waals surface area (Å²) in [6.07, 6.45) is 0. The average Bonchev–Trinajstić information content (AvgIpc) is 2.43. The predicted molar refractivity (Wildman–Crippen MR) is 88.9 cm³/mol. The second-order valence-electron chi connectivity index (χ2n) is 4.93. The maximum atomic E-state index is 13.9. The van der Waals surface area contributed by atoms with Gasteiger partial charge in [0.05, 0.1) is 0 Å². The quantitative estimate of drug-likeness (QED) is 0.850. The number of hydrogen-bond donors (Lipinski definition) is 1. The number of nitrogens with zero attached hydrogens (tertiary/aromatic N) is 1. The lowest BCUT2D eigenvalue weighted by Crippen LogP contribution is -2.19. The SMILES string of the molecule is CN(Cc1cc(C(N)=S)ccc1F)Cc1ccccc1Cl. The van der Waals surface area contributed by atoms with Crippen LogP contribution in [0.1, 0.15) is 16.7 Å². The van der Waals surface area contributed by atoms with Crippen LogP contribution >= 0.6 is 23.8 Å². The van der Waals surface area contributed by atoms with E-state index in [1.165, 1.54) is 6.07 Å². The summed E-state index contributed by atoms with van der Waals surface area (Å²) in [6.45, 7) is 1.09. The van der Waals surface area contributed by atoms with Crippen molar-refractivity contribution in [1.29, 1.82) is 0 Å². The van der Waals surface area contributed by atoms with Crippen molar-refractivity contribution < 1.29 is 4.39 Å². The molecular weight excluding hydrogens is 307 g/mol. The summed E-state index contributed by atoms with van der Waals surface area (Å²) in [5, 5.41) is 0.710. The second kappa shape index (κ2) is 6.98. The van der Waals surface area contributed by atoms with Gasteiger partial charge in [-0.1, -0.05) is 42.0 Å². The number of thiocarbonyl (C=S) groups is 1. The van der Waals surface area contributed by atoms with E-state index in [1.54, 1.807) is 12.1 Å². The van der Waals surface area contributed by atoms with Crippen molar-refractivity contribution in [2.24, 2.45) is 5.73 Å². The normalized spacial score (nSPS) is 10.9. The van der Waals surface area contributed by atoms with Gasteiger partial charge in [-0.05, 0) is 36.9 Å². The Labute approximate surface area is 134 Å². The molecule has 2 N–H and O–H groups in total. The molecule has 2 aromatic rings. The lowest BCUT2D eigenvalue weighted by atomic mass is 10.1. The fraction of sp³-hybridized carbons (Fsp3) is 0.188. The molecule has 0 atom stereocenters. The molecule has 0 aromatic heterocycles. The van der Waals surface area contributed by atoms with E-state index in [2.05, 4.69) is 0 Å². The monoisotopic (exact) mass is 322 g/mol. The van der Waals surface area contributed by atoms with Gasteiger partial charge >= 0.3 is 0 Å². The molecule has 2 nitrogen and oxygen atoms in total. The van der Waals surface area contributed by atoms with Crippen LogP contribution in [0.2, 0.25) is 5.02 Å². The smallest absolute Gasteiger partial charge is 0.127 e. The maximum absolute atomic E-state index is 13.9. The summed E-state index contributed by atoms with van der Waals surface area (Å²) in [4.78, 5) is 2.26. The minimum Gasteiger partial charge on any atom is -0.389 e. The fourth-order valence-electron chi connectivity index (χ4n) is 2.11. The summed E-state index contributed by atoms with van der Waals surface area (Å²) in [6, 6.07) is 12.3. The van der Waals surface area contributed by atoms with Crippen molar-refractivity contribution in [2.45, 2.75) is 13.1 Å². The Balaban J connectivity index is 2.12. The van der Waals surface area contributed by atoms with Crippen LogP contribution in [0.4, 0.5) is 4.39 Å². The minimum atomic E-state index is -0.263. The van der Waals surface area contributed by atoms with E-state index in [-0.39, 0.29) is 10.8 Å². The largest absolute Gasteiger partial charge is 0.389 e. The molecule has 0 heterocycles. The molecule has 0 saturated carbocycles. The topological polar surface area (TPSA) is 29.3 Å². The molecule has 0 spiro atoms. The Morgan fingerprint density at radius 3 is 2.52 bits per heavy atom. The van der Waals surface area contributed by atoms with E-state index >= 15 is 0 Å². The number of benzene rings is 2. The Morgan fingerprint density at radius 1 is 1.19 bits per heavy atom. The van der Waals surface area contributed by atoms with Crippen LogP contribution in [0.25, 0.3) is 0 Å². The highest BCUT2D eigenvalue weighted by molar-refractivity contribution is 7.80. The van der Waals surface area contributed by atoms with E-state index in [1.807, 2.05) is 36.2 Å². The van der Waals surface area contributed by atoms with Crippen molar-refractivity contribution in [3.05, 3.63) is 70.0 Å². The second-order valence-corrected chi connectivity index (χ2v) is 5.78. The zero-order chi connectivity index (χ0) is 15.4.